The Morgan fingerprint density at radius 2 is 1.85 bits per heavy atom. The van der Waals surface area contributed by atoms with Gasteiger partial charge in [0.15, 0.2) is 5.11 Å². The molecule has 1 aliphatic heterocycles. The average molecular weight is 540 g/mol. The molecule has 2 atom stereocenters. The molecule has 1 amide bonds. The number of rotatable bonds is 8. The van der Waals surface area contributed by atoms with Gasteiger partial charge in [-0.3, -0.25) is 9.78 Å². The molecule has 0 bridgehead atoms. The molecule has 0 spiro atoms. The van der Waals surface area contributed by atoms with E-state index in [4.69, 9.17) is 17.0 Å². The standard InChI is InChI=1S/C31H33N5O2S/c1-5-28(37)33-25-15-14-23(18-27(25)38-4)36-30(29(34-31(36)39)26-13-9-10-16-32-26)24-17-20(2)35(21(24)3)19-22-11-7-6-8-12-22/h6-18,29-30H,5,19H2,1-4H3,(H,33,37)(H,34,39)/t29-,30+/m1/s1. The van der Waals surface area contributed by atoms with E-state index in [-0.39, 0.29) is 18.0 Å². The molecule has 1 aliphatic rings. The highest BCUT2D eigenvalue weighted by atomic mass is 32.1. The molecule has 8 heteroatoms. The molecule has 0 saturated carbocycles. The second-order valence-corrected chi connectivity index (χ2v) is 10.1. The molecular formula is C31H33N5O2S. The first-order valence-corrected chi connectivity index (χ1v) is 13.5. The summed E-state index contributed by atoms with van der Waals surface area (Å²) in [6, 6.07) is 24.2. The lowest BCUT2D eigenvalue weighted by Gasteiger charge is -2.29. The third kappa shape index (κ3) is 5.25. The van der Waals surface area contributed by atoms with Crippen LogP contribution in [-0.4, -0.2) is 27.7 Å². The second-order valence-electron chi connectivity index (χ2n) is 9.68. The molecule has 1 saturated heterocycles. The van der Waals surface area contributed by atoms with Gasteiger partial charge < -0.3 is 24.8 Å². The van der Waals surface area contributed by atoms with Crippen LogP contribution in [0.3, 0.4) is 0 Å². The van der Waals surface area contributed by atoms with Gasteiger partial charge in [-0.1, -0.05) is 43.3 Å². The van der Waals surface area contributed by atoms with Gasteiger partial charge in [-0.25, -0.2) is 0 Å². The summed E-state index contributed by atoms with van der Waals surface area (Å²) in [5.41, 5.74) is 7.20. The molecule has 7 nitrogen and oxygen atoms in total. The number of benzene rings is 2. The lowest BCUT2D eigenvalue weighted by atomic mass is 9.96. The molecule has 5 rings (SSSR count). The lowest BCUT2D eigenvalue weighted by Crippen LogP contribution is -2.29. The van der Waals surface area contributed by atoms with Gasteiger partial charge in [-0.2, -0.15) is 0 Å². The number of nitrogens with zero attached hydrogens (tertiary/aromatic N) is 3. The van der Waals surface area contributed by atoms with Crippen LogP contribution in [0.25, 0.3) is 0 Å². The summed E-state index contributed by atoms with van der Waals surface area (Å²) in [4.78, 5) is 18.9. The maximum Gasteiger partial charge on any atom is 0.224 e. The van der Waals surface area contributed by atoms with Crippen LogP contribution < -0.4 is 20.3 Å². The van der Waals surface area contributed by atoms with Crippen molar-refractivity contribution in [2.24, 2.45) is 0 Å². The van der Waals surface area contributed by atoms with E-state index in [9.17, 15) is 4.79 Å². The Bertz CT molecular complexity index is 1490. The van der Waals surface area contributed by atoms with Crippen LogP contribution in [-0.2, 0) is 11.3 Å². The summed E-state index contributed by atoms with van der Waals surface area (Å²) in [5.74, 6) is 0.505. The number of ether oxygens (including phenoxy) is 1. The molecular weight excluding hydrogens is 506 g/mol. The van der Waals surface area contributed by atoms with Crippen molar-refractivity contribution in [1.82, 2.24) is 14.9 Å². The summed E-state index contributed by atoms with van der Waals surface area (Å²) >= 11 is 5.94. The van der Waals surface area contributed by atoms with Crippen LogP contribution in [0.1, 0.15) is 53.6 Å². The van der Waals surface area contributed by atoms with Crippen LogP contribution in [0.15, 0.2) is 79.0 Å². The van der Waals surface area contributed by atoms with Crippen molar-refractivity contribution in [1.29, 1.82) is 0 Å². The van der Waals surface area contributed by atoms with Gasteiger partial charge in [-0.15, -0.1) is 0 Å². The van der Waals surface area contributed by atoms with Gasteiger partial charge in [-0.05, 0) is 67.5 Å². The quantitative estimate of drug-likeness (QED) is 0.264. The van der Waals surface area contributed by atoms with Crippen molar-refractivity contribution in [3.63, 3.8) is 0 Å². The van der Waals surface area contributed by atoms with Crippen LogP contribution in [0.2, 0.25) is 0 Å². The minimum Gasteiger partial charge on any atom is -0.494 e. The highest BCUT2D eigenvalue weighted by Crippen LogP contribution is 2.44. The van der Waals surface area contributed by atoms with Gasteiger partial charge in [0.05, 0.1) is 30.6 Å². The summed E-state index contributed by atoms with van der Waals surface area (Å²) in [7, 11) is 1.60. The average Bonchev–Trinajstić information content (AvgIpc) is 3.45. The number of thiocarbonyl (C=S) groups is 1. The largest absolute Gasteiger partial charge is 0.494 e. The Morgan fingerprint density at radius 3 is 2.54 bits per heavy atom. The number of pyridine rings is 1. The number of anilines is 2. The first-order valence-electron chi connectivity index (χ1n) is 13.1. The highest BCUT2D eigenvalue weighted by Gasteiger charge is 2.42. The number of methoxy groups -OCH3 is 1. The van der Waals surface area contributed by atoms with E-state index in [1.165, 1.54) is 22.5 Å². The smallest absolute Gasteiger partial charge is 0.224 e. The Kier molecular flexibility index (Phi) is 7.65. The van der Waals surface area contributed by atoms with E-state index in [0.29, 0.717) is 23.0 Å². The van der Waals surface area contributed by atoms with Crippen molar-refractivity contribution in [3.05, 3.63) is 107 Å². The van der Waals surface area contributed by atoms with E-state index in [0.717, 1.165) is 17.9 Å². The van der Waals surface area contributed by atoms with Gasteiger partial charge in [0.1, 0.15) is 5.75 Å². The number of hydrogen-bond donors (Lipinski definition) is 2. The molecule has 2 aromatic heterocycles. The zero-order valence-electron chi connectivity index (χ0n) is 22.6. The van der Waals surface area contributed by atoms with E-state index in [1.54, 1.807) is 7.11 Å². The molecule has 0 unspecified atom stereocenters. The number of carbonyl (C=O) groups excluding carboxylic acids is 1. The minimum absolute atomic E-state index is 0.0710. The Morgan fingerprint density at radius 1 is 1.08 bits per heavy atom. The molecule has 39 heavy (non-hydrogen) atoms. The molecule has 200 valence electrons. The zero-order valence-corrected chi connectivity index (χ0v) is 23.5. The number of nitrogens with one attached hydrogen (secondary N) is 2. The van der Waals surface area contributed by atoms with E-state index >= 15 is 0 Å². The van der Waals surface area contributed by atoms with Crippen molar-refractivity contribution < 1.29 is 9.53 Å². The van der Waals surface area contributed by atoms with E-state index < -0.39 is 0 Å². The predicted octanol–water partition coefficient (Wildman–Crippen LogP) is 6.08. The van der Waals surface area contributed by atoms with Crippen LogP contribution >= 0.6 is 12.2 Å². The Balaban J connectivity index is 1.60. The topological polar surface area (TPSA) is 71.4 Å². The molecule has 0 aliphatic carbocycles. The molecule has 2 N–H and O–H groups in total. The predicted molar refractivity (Wildman–Crippen MR) is 159 cm³/mol. The fourth-order valence-electron chi connectivity index (χ4n) is 5.26. The Labute approximate surface area is 234 Å². The SMILES string of the molecule is CCC(=O)Nc1ccc(N2C(=S)N[C@H](c3ccccn3)[C@@H]2c2cc(C)n(Cc3ccccc3)c2C)cc1OC. The highest BCUT2D eigenvalue weighted by molar-refractivity contribution is 7.80. The lowest BCUT2D eigenvalue weighted by molar-refractivity contribution is -0.115. The second kappa shape index (κ2) is 11.3. The Hall–Kier alpha value is -4.17. The molecule has 3 heterocycles. The molecule has 1 fully saturated rings. The first kappa shape index (κ1) is 26.4. The first-order chi connectivity index (χ1) is 18.9. The van der Waals surface area contributed by atoms with Gasteiger partial charge in [0.2, 0.25) is 5.91 Å². The molecule has 4 aromatic rings. The summed E-state index contributed by atoms with van der Waals surface area (Å²) in [5, 5.41) is 7.07. The van der Waals surface area contributed by atoms with Crippen molar-refractivity contribution in [3.8, 4) is 5.75 Å². The maximum atomic E-state index is 12.1. The number of carbonyl (C=O) groups is 1. The van der Waals surface area contributed by atoms with Crippen LogP contribution in [0.5, 0.6) is 5.75 Å². The van der Waals surface area contributed by atoms with Crippen molar-refractivity contribution in [2.45, 2.75) is 45.8 Å². The van der Waals surface area contributed by atoms with Gasteiger partial charge in [0.25, 0.3) is 0 Å². The van der Waals surface area contributed by atoms with Crippen LogP contribution in [0, 0.1) is 13.8 Å². The van der Waals surface area contributed by atoms with Gasteiger partial charge >= 0.3 is 0 Å². The summed E-state index contributed by atoms with van der Waals surface area (Å²) < 4.78 is 8.02. The fourth-order valence-corrected chi connectivity index (χ4v) is 5.60. The monoisotopic (exact) mass is 539 g/mol. The van der Waals surface area contributed by atoms with Crippen molar-refractivity contribution in [2.75, 3.05) is 17.3 Å². The van der Waals surface area contributed by atoms with Crippen molar-refractivity contribution >= 4 is 34.6 Å². The molecule has 2 aromatic carbocycles. The number of aryl methyl sites for hydroxylation is 1. The summed E-state index contributed by atoms with van der Waals surface area (Å²) in [6.07, 6.45) is 2.20. The third-order valence-corrected chi connectivity index (χ3v) is 7.59. The summed E-state index contributed by atoms with van der Waals surface area (Å²) in [6.45, 7) is 6.93. The van der Waals surface area contributed by atoms with Crippen LogP contribution in [0.4, 0.5) is 11.4 Å². The maximum absolute atomic E-state index is 12.1. The number of hydrogen-bond acceptors (Lipinski definition) is 4. The van der Waals surface area contributed by atoms with Gasteiger partial charge in [0, 0.05) is 42.3 Å². The fraction of sp³-hybridized carbons (Fsp3) is 0.258. The minimum atomic E-state index is -0.158. The molecule has 0 radical (unpaired) electrons. The van der Waals surface area contributed by atoms with E-state index in [1.807, 2.05) is 55.6 Å². The van der Waals surface area contributed by atoms with E-state index in [2.05, 4.69) is 69.3 Å². The third-order valence-electron chi connectivity index (χ3n) is 7.27. The zero-order chi connectivity index (χ0) is 27.5. The number of amides is 1. The number of aromatic nitrogens is 2. The normalized spacial score (nSPS) is 16.7.